The molecule has 0 aliphatic heterocycles. The lowest BCUT2D eigenvalue weighted by molar-refractivity contribution is -0.126. The number of ether oxygens (including phenoxy) is 1. The Morgan fingerprint density at radius 1 is 1.10 bits per heavy atom. The van der Waals surface area contributed by atoms with Crippen LogP contribution in [0.3, 0.4) is 0 Å². The summed E-state index contributed by atoms with van der Waals surface area (Å²) in [6.45, 7) is 2.98. The summed E-state index contributed by atoms with van der Waals surface area (Å²) in [6, 6.07) is 0.736. The Hall–Kier alpha value is -1.14. The molecule has 1 unspecified atom stereocenters. The van der Waals surface area contributed by atoms with E-state index in [4.69, 9.17) is 4.74 Å². The summed E-state index contributed by atoms with van der Waals surface area (Å²) >= 11 is 0. The molecular formula is C14H25N3O3. The van der Waals surface area contributed by atoms with Crippen LogP contribution < -0.4 is 10.6 Å². The standard InChI is InChI=1S/C14H25N3O3/c1-10(9-20-2)17(7-13(18)15-11-3-4-11)8-14(19)16-12-5-6-12/h10-12H,3-9H2,1-2H3,(H,15,18)(H,16,19). The second kappa shape index (κ2) is 7.04. The van der Waals surface area contributed by atoms with Crippen LogP contribution in [0.4, 0.5) is 0 Å². The topological polar surface area (TPSA) is 70.7 Å². The molecule has 2 amide bonds. The zero-order valence-corrected chi connectivity index (χ0v) is 12.4. The first-order valence-electron chi connectivity index (χ1n) is 7.40. The average Bonchev–Trinajstić information content (AvgIpc) is 3.25. The van der Waals surface area contributed by atoms with E-state index in [1.54, 1.807) is 7.11 Å². The van der Waals surface area contributed by atoms with Gasteiger partial charge in [-0.05, 0) is 32.6 Å². The SMILES string of the molecule is COCC(C)N(CC(=O)NC1CC1)CC(=O)NC1CC1. The Morgan fingerprint density at radius 3 is 1.90 bits per heavy atom. The lowest BCUT2D eigenvalue weighted by Gasteiger charge is -2.27. The zero-order valence-electron chi connectivity index (χ0n) is 12.4. The van der Waals surface area contributed by atoms with Gasteiger partial charge in [-0.15, -0.1) is 0 Å². The van der Waals surface area contributed by atoms with Crippen LogP contribution in [0.2, 0.25) is 0 Å². The van der Waals surface area contributed by atoms with Gasteiger partial charge < -0.3 is 15.4 Å². The summed E-state index contributed by atoms with van der Waals surface area (Å²) in [4.78, 5) is 25.7. The first-order valence-corrected chi connectivity index (χ1v) is 7.40. The minimum atomic E-state index is -0.00493. The number of methoxy groups -OCH3 is 1. The molecule has 6 nitrogen and oxygen atoms in total. The molecule has 0 spiro atoms. The highest BCUT2D eigenvalue weighted by atomic mass is 16.5. The smallest absolute Gasteiger partial charge is 0.234 e. The van der Waals surface area contributed by atoms with Crippen molar-refractivity contribution in [3.05, 3.63) is 0 Å². The van der Waals surface area contributed by atoms with Gasteiger partial charge in [-0.3, -0.25) is 14.5 Å². The minimum absolute atomic E-state index is 0.00493. The summed E-state index contributed by atoms with van der Waals surface area (Å²) in [6.07, 6.45) is 4.28. The molecule has 20 heavy (non-hydrogen) atoms. The van der Waals surface area contributed by atoms with E-state index in [0.717, 1.165) is 25.7 Å². The van der Waals surface area contributed by atoms with Crippen molar-refractivity contribution in [1.29, 1.82) is 0 Å². The molecule has 1 atom stereocenters. The van der Waals surface area contributed by atoms with E-state index >= 15 is 0 Å². The van der Waals surface area contributed by atoms with Crippen LogP contribution in [-0.4, -0.2) is 61.6 Å². The fraction of sp³-hybridized carbons (Fsp3) is 0.857. The number of carbonyl (C=O) groups excluding carboxylic acids is 2. The van der Waals surface area contributed by atoms with Crippen LogP contribution in [0.25, 0.3) is 0 Å². The monoisotopic (exact) mass is 283 g/mol. The van der Waals surface area contributed by atoms with Crippen molar-refractivity contribution in [3.63, 3.8) is 0 Å². The molecule has 114 valence electrons. The van der Waals surface area contributed by atoms with E-state index in [1.165, 1.54) is 0 Å². The Bertz CT molecular complexity index is 326. The van der Waals surface area contributed by atoms with E-state index in [-0.39, 0.29) is 30.9 Å². The maximum Gasteiger partial charge on any atom is 0.234 e. The molecule has 0 aromatic carbocycles. The summed E-state index contributed by atoms with van der Waals surface area (Å²) in [5.74, 6) is -0.00986. The van der Waals surface area contributed by atoms with Crippen molar-refractivity contribution in [2.75, 3.05) is 26.8 Å². The van der Waals surface area contributed by atoms with Crippen LogP contribution in [0, 0.1) is 0 Å². The zero-order chi connectivity index (χ0) is 14.5. The van der Waals surface area contributed by atoms with Gasteiger partial charge in [0.25, 0.3) is 0 Å². The first kappa shape index (κ1) is 15.3. The summed E-state index contributed by atoms with van der Waals surface area (Å²) in [5, 5.41) is 5.91. The van der Waals surface area contributed by atoms with Crippen LogP contribution >= 0.6 is 0 Å². The van der Waals surface area contributed by atoms with Gasteiger partial charge in [0.15, 0.2) is 0 Å². The fourth-order valence-electron chi connectivity index (χ4n) is 2.09. The molecule has 2 rings (SSSR count). The van der Waals surface area contributed by atoms with Crippen molar-refractivity contribution < 1.29 is 14.3 Å². The molecule has 2 N–H and O–H groups in total. The van der Waals surface area contributed by atoms with Crippen molar-refractivity contribution in [3.8, 4) is 0 Å². The summed E-state index contributed by atoms with van der Waals surface area (Å²) < 4.78 is 5.13. The third-order valence-electron chi connectivity index (χ3n) is 3.61. The number of rotatable bonds is 9. The lowest BCUT2D eigenvalue weighted by Crippen LogP contribution is -2.48. The fourth-order valence-corrected chi connectivity index (χ4v) is 2.09. The third kappa shape index (κ3) is 5.46. The molecule has 0 heterocycles. The van der Waals surface area contributed by atoms with Crippen molar-refractivity contribution in [1.82, 2.24) is 15.5 Å². The number of nitrogens with one attached hydrogen (secondary N) is 2. The molecule has 2 aliphatic carbocycles. The van der Waals surface area contributed by atoms with Crippen LogP contribution in [-0.2, 0) is 14.3 Å². The quantitative estimate of drug-likeness (QED) is 0.619. The highest BCUT2D eigenvalue weighted by Gasteiger charge is 2.28. The second-order valence-electron chi connectivity index (χ2n) is 5.89. The Kier molecular flexibility index (Phi) is 5.37. The van der Waals surface area contributed by atoms with E-state index in [1.807, 2.05) is 11.8 Å². The second-order valence-corrected chi connectivity index (χ2v) is 5.89. The average molecular weight is 283 g/mol. The number of hydrogen-bond acceptors (Lipinski definition) is 4. The molecule has 0 radical (unpaired) electrons. The predicted octanol–water partition coefficient (Wildman–Crippen LogP) is -0.119. The number of hydrogen-bond donors (Lipinski definition) is 2. The largest absolute Gasteiger partial charge is 0.383 e. The van der Waals surface area contributed by atoms with Gasteiger partial charge in [-0.2, -0.15) is 0 Å². The maximum absolute atomic E-state index is 11.9. The Balaban J connectivity index is 1.80. The molecular weight excluding hydrogens is 258 g/mol. The van der Waals surface area contributed by atoms with E-state index in [9.17, 15) is 9.59 Å². The maximum atomic E-state index is 11.9. The van der Waals surface area contributed by atoms with E-state index < -0.39 is 0 Å². The molecule has 2 aliphatic rings. The van der Waals surface area contributed by atoms with Gasteiger partial charge >= 0.3 is 0 Å². The molecule has 0 aromatic heterocycles. The third-order valence-corrected chi connectivity index (χ3v) is 3.61. The van der Waals surface area contributed by atoms with Crippen molar-refractivity contribution in [2.45, 2.75) is 50.7 Å². The van der Waals surface area contributed by atoms with Gasteiger partial charge in [0, 0.05) is 25.2 Å². The molecule has 6 heteroatoms. The van der Waals surface area contributed by atoms with E-state index in [0.29, 0.717) is 18.7 Å². The Morgan fingerprint density at radius 2 is 1.55 bits per heavy atom. The van der Waals surface area contributed by atoms with Crippen molar-refractivity contribution >= 4 is 11.8 Å². The van der Waals surface area contributed by atoms with Gasteiger partial charge in [-0.1, -0.05) is 0 Å². The van der Waals surface area contributed by atoms with Crippen LogP contribution in [0.1, 0.15) is 32.6 Å². The van der Waals surface area contributed by atoms with Crippen molar-refractivity contribution in [2.24, 2.45) is 0 Å². The number of carbonyl (C=O) groups is 2. The first-order chi connectivity index (χ1) is 9.58. The summed E-state index contributed by atoms with van der Waals surface area (Å²) in [5.41, 5.74) is 0. The molecule has 2 fully saturated rings. The normalized spacial score (nSPS) is 19.8. The molecule has 0 saturated heterocycles. The highest BCUT2D eigenvalue weighted by Crippen LogP contribution is 2.19. The predicted molar refractivity (Wildman–Crippen MR) is 75.2 cm³/mol. The lowest BCUT2D eigenvalue weighted by atomic mass is 10.2. The van der Waals surface area contributed by atoms with Crippen LogP contribution in [0.15, 0.2) is 0 Å². The summed E-state index contributed by atoms with van der Waals surface area (Å²) in [7, 11) is 1.63. The van der Waals surface area contributed by atoms with Crippen LogP contribution in [0.5, 0.6) is 0 Å². The highest BCUT2D eigenvalue weighted by molar-refractivity contribution is 5.81. The van der Waals surface area contributed by atoms with Gasteiger partial charge in [0.1, 0.15) is 0 Å². The van der Waals surface area contributed by atoms with Gasteiger partial charge in [0.05, 0.1) is 19.7 Å². The molecule has 2 saturated carbocycles. The minimum Gasteiger partial charge on any atom is -0.383 e. The van der Waals surface area contributed by atoms with Gasteiger partial charge in [0.2, 0.25) is 11.8 Å². The Labute approximate surface area is 120 Å². The molecule has 0 aromatic rings. The number of nitrogens with zero attached hydrogens (tertiary/aromatic N) is 1. The van der Waals surface area contributed by atoms with E-state index in [2.05, 4.69) is 10.6 Å². The number of amides is 2. The molecule has 0 bridgehead atoms. The van der Waals surface area contributed by atoms with Gasteiger partial charge in [-0.25, -0.2) is 0 Å².